The highest BCUT2D eigenvalue weighted by molar-refractivity contribution is 7.93. The number of hydrogen-bond donors (Lipinski definition) is 1. The Hall–Kier alpha value is -2.64. The van der Waals surface area contributed by atoms with Crippen molar-refractivity contribution in [2.45, 2.75) is 18.4 Å². The molecule has 124 valence electrons. The SMILES string of the molecule is Cc1nocc1N(c1ccc(CN)cc1)S(=O)(=O)c1ccccc1. The van der Waals surface area contributed by atoms with Gasteiger partial charge in [-0.3, -0.25) is 0 Å². The second-order valence-corrected chi connectivity index (χ2v) is 7.02. The maximum absolute atomic E-state index is 13.2. The minimum atomic E-state index is -3.82. The topological polar surface area (TPSA) is 89.4 Å². The Morgan fingerprint density at radius 3 is 2.29 bits per heavy atom. The molecule has 7 heteroatoms. The second kappa shape index (κ2) is 6.46. The van der Waals surface area contributed by atoms with Crippen LogP contribution in [0.1, 0.15) is 11.3 Å². The van der Waals surface area contributed by atoms with E-state index in [-0.39, 0.29) is 4.90 Å². The van der Waals surface area contributed by atoms with Gasteiger partial charge in [0.1, 0.15) is 17.6 Å². The number of hydrogen-bond acceptors (Lipinski definition) is 5. The normalized spacial score (nSPS) is 11.4. The molecule has 0 atom stereocenters. The van der Waals surface area contributed by atoms with Gasteiger partial charge in [0.15, 0.2) is 0 Å². The number of aryl methyl sites for hydroxylation is 1. The molecule has 0 spiro atoms. The standard InChI is InChI=1S/C17H17N3O3S/c1-13-17(12-23-19-13)20(15-9-7-14(11-18)8-10-15)24(21,22)16-5-3-2-4-6-16/h2-10,12H,11,18H2,1H3. The fourth-order valence-corrected chi connectivity index (χ4v) is 3.90. The van der Waals surface area contributed by atoms with Crippen molar-refractivity contribution >= 4 is 21.4 Å². The van der Waals surface area contributed by atoms with Crippen LogP contribution in [0.15, 0.2) is 70.3 Å². The van der Waals surface area contributed by atoms with E-state index in [2.05, 4.69) is 5.16 Å². The van der Waals surface area contributed by atoms with Crippen LogP contribution >= 0.6 is 0 Å². The molecule has 0 radical (unpaired) electrons. The van der Waals surface area contributed by atoms with E-state index < -0.39 is 10.0 Å². The summed E-state index contributed by atoms with van der Waals surface area (Å²) in [6.45, 7) is 2.08. The highest BCUT2D eigenvalue weighted by Gasteiger charge is 2.29. The number of anilines is 2. The Balaban J connectivity index is 2.17. The molecule has 0 aliphatic rings. The molecule has 2 N–H and O–H groups in total. The Bertz CT molecular complexity index is 919. The lowest BCUT2D eigenvalue weighted by atomic mass is 10.2. The lowest BCUT2D eigenvalue weighted by molar-refractivity contribution is 0.415. The molecule has 3 rings (SSSR count). The Labute approximate surface area is 140 Å². The molecular formula is C17H17N3O3S. The third-order valence-corrected chi connectivity index (χ3v) is 5.39. The summed E-state index contributed by atoms with van der Waals surface area (Å²) < 4.78 is 32.5. The average Bonchev–Trinajstić information content (AvgIpc) is 3.02. The largest absolute Gasteiger partial charge is 0.362 e. The van der Waals surface area contributed by atoms with Crippen molar-refractivity contribution in [1.82, 2.24) is 5.16 Å². The zero-order valence-electron chi connectivity index (χ0n) is 13.1. The van der Waals surface area contributed by atoms with Gasteiger partial charge in [0.2, 0.25) is 0 Å². The van der Waals surface area contributed by atoms with Crippen LogP contribution in [0, 0.1) is 6.92 Å². The van der Waals surface area contributed by atoms with Crippen LogP contribution in [0.3, 0.4) is 0 Å². The van der Waals surface area contributed by atoms with E-state index in [0.29, 0.717) is 23.6 Å². The molecule has 0 amide bonds. The third-order valence-electron chi connectivity index (χ3n) is 3.63. The highest BCUT2D eigenvalue weighted by atomic mass is 32.2. The predicted molar refractivity (Wildman–Crippen MR) is 91.3 cm³/mol. The summed E-state index contributed by atoms with van der Waals surface area (Å²) in [5.74, 6) is 0. The van der Waals surface area contributed by atoms with Gasteiger partial charge in [-0.1, -0.05) is 35.5 Å². The van der Waals surface area contributed by atoms with E-state index in [1.54, 1.807) is 61.5 Å². The van der Waals surface area contributed by atoms with Crippen LogP contribution < -0.4 is 10.0 Å². The summed E-state index contributed by atoms with van der Waals surface area (Å²) in [4.78, 5) is 0.188. The van der Waals surface area contributed by atoms with E-state index in [4.69, 9.17) is 10.3 Å². The number of aromatic nitrogens is 1. The first-order valence-electron chi connectivity index (χ1n) is 7.34. The van der Waals surface area contributed by atoms with Gasteiger partial charge >= 0.3 is 0 Å². The zero-order chi connectivity index (χ0) is 17.2. The molecule has 0 aliphatic heterocycles. The molecule has 0 saturated heterocycles. The van der Waals surface area contributed by atoms with Crippen molar-refractivity contribution in [3.63, 3.8) is 0 Å². The number of benzene rings is 2. The van der Waals surface area contributed by atoms with Crippen molar-refractivity contribution < 1.29 is 12.9 Å². The molecule has 0 saturated carbocycles. The molecule has 3 aromatic rings. The fourth-order valence-electron chi connectivity index (χ4n) is 2.35. The summed E-state index contributed by atoms with van der Waals surface area (Å²) >= 11 is 0. The maximum Gasteiger partial charge on any atom is 0.268 e. The van der Waals surface area contributed by atoms with E-state index >= 15 is 0 Å². The first-order chi connectivity index (χ1) is 11.5. The molecular weight excluding hydrogens is 326 g/mol. The number of nitrogens with two attached hydrogens (primary N) is 1. The molecule has 24 heavy (non-hydrogen) atoms. The molecule has 1 aromatic heterocycles. The van der Waals surface area contributed by atoms with Gasteiger partial charge in [0.05, 0.1) is 10.6 Å². The lowest BCUT2D eigenvalue weighted by Gasteiger charge is -2.23. The van der Waals surface area contributed by atoms with Crippen molar-refractivity contribution in [1.29, 1.82) is 0 Å². The summed E-state index contributed by atoms with van der Waals surface area (Å²) in [7, 11) is -3.82. The van der Waals surface area contributed by atoms with Crippen LogP contribution in [0.5, 0.6) is 0 Å². The van der Waals surface area contributed by atoms with Gasteiger partial charge in [0.25, 0.3) is 10.0 Å². The maximum atomic E-state index is 13.2. The van der Waals surface area contributed by atoms with E-state index in [1.165, 1.54) is 10.6 Å². The molecule has 2 aromatic carbocycles. The molecule has 0 bridgehead atoms. The van der Waals surface area contributed by atoms with Crippen LogP contribution in [0.4, 0.5) is 11.4 Å². The van der Waals surface area contributed by atoms with Gasteiger partial charge < -0.3 is 10.3 Å². The van der Waals surface area contributed by atoms with Gasteiger partial charge in [-0.05, 0) is 36.8 Å². The smallest absolute Gasteiger partial charge is 0.268 e. The zero-order valence-corrected chi connectivity index (χ0v) is 13.9. The molecule has 1 heterocycles. The van der Waals surface area contributed by atoms with Crippen LogP contribution in [0.25, 0.3) is 0 Å². The van der Waals surface area contributed by atoms with Crippen molar-refractivity contribution in [2.24, 2.45) is 5.73 Å². The monoisotopic (exact) mass is 343 g/mol. The Morgan fingerprint density at radius 2 is 1.75 bits per heavy atom. The number of rotatable bonds is 5. The molecule has 0 fully saturated rings. The van der Waals surface area contributed by atoms with Gasteiger partial charge in [0, 0.05) is 6.54 Å². The average molecular weight is 343 g/mol. The summed E-state index contributed by atoms with van der Waals surface area (Å²) in [6, 6.07) is 15.3. The highest BCUT2D eigenvalue weighted by Crippen LogP contribution is 2.34. The Kier molecular flexibility index (Phi) is 4.37. The molecule has 0 aliphatic carbocycles. The summed E-state index contributed by atoms with van der Waals surface area (Å²) in [5, 5.41) is 3.80. The first kappa shape index (κ1) is 16.2. The van der Waals surface area contributed by atoms with Gasteiger partial charge in [-0.15, -0.1) is 0 Å². The van der Waals surface area contributed by atoms with Crippen LogP contribution in [0.2, 0.25) is 0 Å². The van der Waals surface area contributed by atoms with Crippen molar-refractivity contribution in [3.8, 4) is 0 Å². The number of nitrogens with zero attached hydrogens (tertiary/aromatic N) is 2. The predicted octanol–water partition coefficient (Wildman–Crippen LogP) is 2.97. The summed E-state index contributed by atoms with van der Waals surface area (Å²) in [6.07, 6.45) is 1.33. The summed E-state index contributed by atoms with van der Waals surface area (Å²) in [5.41, 5.74) is 7.88. The van der Waals surface area contributed by atoms with E-state index in [0.717, 1.165) is 5.56 Å². The van der Waals surface area contributed by atoms with E-state index in [1.807, 2.05) is 0 Å². The molecule has 0 unspecified atom stereocenters. The minimum absolute atomic E-state index is 0.188. The lowest BCUT2D eigenvalue weighted by Crippen LogP contribution is -2.26. The van der Waals surface area contributed by atoms with Crippen LogP contribution in [-0.4, -0.2) is 13.6 Å². The first-order valence-corrected chi connectivity index (χ1v) is 8.78. The van der Waals surface area contributed by atoms with Crippen molar-refractivity contribution in [3.05, 3.63) is 72.1 Å². The quantitative estimate of drug-likeness (QED) is 0.769. The fraction of sp³-hybridized carbons (Fsp3) is 0.118. The van der Waals surface area contributed by atoms with Gasteiger partial charge in [-0.25, -0.2) is 12.7 Å². The van der Waals surface area contributed by atoms with Crippen molar-refractivity contribution in [2.75, 3.05) is 4.31 Å². The Morgan fingerprint density at radius 1 is 1.08 bits per heavy atom. The number of sulfonamides is 1. The van der Waals surface area contributed by atoms with E-state index in [9.17, 15) is 8.42 Å². The third kappa shape index (κ3) is 2.91. The second-order valence-electron chi connectivity index (χ2n) is 5.24. The van der Waals surface area contributed by atoms with Gasteiger partial charge in [-0.2, -0.15) is 0 Å². The minimum Gasteiger partial charge on any atom is -0.362 e. The van der Waals surface area contributed by atoms with Crippen LogP contribution in [-0.2, 0) is 16.6 Å². The molecule has 6 nitrogen and oxygen atoms in total.